The molecule has 7 nitrogen and oxygen atoms in total. The molecule has 1 aliphatic carbocycles. The van der Waals surface area contributed by atoms with Crippen LogP contribution in [0.2, 0.25) is 0 Å². The van der Waals surface area contributed by atoms with Gasteiger partial charge in [-0.1, -0.05) is 0 Å². The fourth-order valence-corrected chi connectivity index (χ4v) is 7.25. The maximum Gasteiger partial charge on any atom is 0.262 e. The van der Waals surface area contributed by atoms with Crippen molar-refractivity contribution in [3.8, 4) is 0 Å². The van der Waals surface area contributed by atoms with Crippen LogP contribution in [0.1, 0.15) is 36.6 Å². The van der Waals surface area contributed by atoms with Gasteiger partial charge in [0.25, 0.3) is 5.56 Å². The smallest absolute Gasteiger partial charge is 0.262 e. The Hall–Kier alpha value is -1.74. The molecule has 0 aromatic carbocycles. The maximum atomic E-state index is 12.9. The number of rotatable bonds is 3. The standard InChI is InChI=1S/C17H21N3O4S2/c1-17(6-7-26(23,24)9-17)19-13(21)8-20-10-18-15-14(16(20)22)11-4-2-3-5-12(11)25-15/h10H,2-9H2,1H3,(H,19,21)/t17-/m1/s1. The van der Waals surface area contributed by atoms with Crippen LogP contribution in [0.3, 0.4) is 0 Å². The Kier molecular flexibility index (Phi) is 4.18. The van der Waals surface area contributed by atoms with Gasteiger partial charge >= 0.3 is 0 Å². The lowest BCUT2D eigenvalue weighted by Gasteiger charge is -2.24. The Morgan fingerprint density at radius 1 is 1.38 bits per heavy atom. The third-order valence-corrected chi connectivity index (χ3v) is 8.30. The van der Waals surface area contributed by atoms with Gasteiger partial charge in [-0.05, 0) is 44.6 Å². The zero-order chi connectivity index (χ0) is 18.5. The van der Waals surface area contributed by atoms with E-state index in [1.165, 1.54) is 15.8 Å². The van der Waals surface area contributed by atoms with Crippen LogP contribution in [-0.4, -0.2) is 40.9 Å². The number of thiophene rings is 1. The van der Waals surface area contributed by atoms with Gasteiger partial charge in [-0.15, -0.1) is 11.3 Å². The van der Waals surface area contributed by atoms with Crippen molar-refractivity contribution in [1.82, 2.24) is 14.9 Å². The van der Waals surface area contributed by atoms with Gasteiger partial charge in [-0.2, -0.15) is 0 Å². The second-order valence-electron chi connectivity index (χ2n) is 7.52. The van der Waals surface area contributed by atoms with E-state index in [0.717, 1.165) is 36.1 Å². The molecular weight excluding hydrogens is 374 g/mol. The molecule has 2 aliphatic rings. The molecule has 1 atom stereocenters. The largest absolute Gasteiger partial charge is 0.348 e. The fraction of sp³-hybridized carbons (Fsp3) is 0.588. The number of aromatic nitrogens is 2. The van der Waals surface area contributed by atoms with Crippen molar-refractivity contribution in [3.63, 3.8) is 0 Å². The number of carbonyl (C=O) groups is 1. The SMILES string of the molecule is C[C@@]1(NC(=O)Cn2cnc3sc4c(c3c2=O)CCCC4)CCS(=O)(=O)C1. The lowest BCUT2D eigenvalue weighted by atomic mass is 9.97. The maximum absolute atomic E-state index is 12.9. The highest BCUT2D eigenvalue weighted by molar-refractivity contribution is 7.91. The summed E-state index contributed by atoms with van der Waals surface area (Å²) in [5, 5.41) is 3.44. The second kappa shape index (κ2) is 6.16. The minimum absolute atomic E-state index is 0.0596. The van der Waals surface area contributed by atoms with E-state index in [1.54, 1.807) is 18.3 Å². The highest BCUT2D eigenvalue weighted by Gasteiger charge is 2.39. The monoisotopic (exact) mass is 395 g/mol. The lowest BCUT2D eigenvalue weighted by molar-refractivity contribution is -0.123. The van der Waals surface area contributed by atoms with E-state index in [1.807, 2.05) is 0 Å². The van der Waals surface area contributed by atoms with E-state index >= 15 is 0 Å². The van der Waals surface area contributed by atoms with Crippen molar-refractivity contribution in [3.05, 3.63) is 27.1 Å². The van der Waals surface area contributed by atoms with Crippen molar-refractivity contribution in [1.29, 1.82) is 0 Å². The van der Waals surface area contributed by atoms with E-state index in [4.69, 9.17) is 0 Å². The number of hydrogen-bond acceptors (Lipinski definition) is 6. The van der Waals surface area contributed by atoms with Crippen molar-refractivity contribution < 1.29 is 13.2 Å². The molecule has 4 rings (SSSR count). The molecule has 3 heterocycles. The summed E-state index contributed by atoms with van der Waals surface area (Å²) in [7, 11) is -3.11. The molecule has 26 heavy (non-hydrogen) atoms. The van der Waals surface area contributed by atoms with Gasteiger partial charge in [0.05, 0.1) is 28.8 Å². The fourth-order valence-electron chi connectivity index (χ4n) is 3.93. The molecule has 9 heteroatoms. The first-order chi connectivity index (χ1) is 12.3. The van der Waals surface area contributed by atoms with Gasteiger partial charge < -0.3 is 5.32 Å². The van der Waals surface area contributed by atoms with Crippen LogP contribution >= 0.6 is 11.3 Å². The predicted molar refractivity (Wildman–Crippen MR) is 100 cm³/mol. The molecule has 1 amide bonds. The Bertz CT molecular complexity index is 1050. The summed E-state index contributed by atoms with van der Waals surface area (Å²) in [5.41, 5.74) is 0.143. The van der Waals surface area contributed by atoms with E-state index in [2.05, 4.69) is 10.3 Å². The number of hydrogen-bond donors (Lipinski definition) is 1. The predicted octanol–water partition coefficient (Wildman–Crippen LogP) is 1.03. The summed E-state index contributed by atoms with van der Waals surface area (Å²) in [6.07, 6.45) is 5.89. The van der Waals surface area contributed by atoms with Crippen molar-refractivity contribution in [2.45, 2.75) is 51.1 Å². The molecule has 1 saturated heterocycles. The molecule has 1 fully saturated rings. The first kappa shape index (κ1) is 17.7. The van der Waals surface area contributed by atoms with Crippen LogP contribution < -0.4 is 10.9 Å². The number of sulfone groups is 1. The average molecular weight is 396 g/mol. The first-order valence-electron chi connectivity index (χ1n) is 8.77. The average Bonchev–Trinajstić information content (AvgIpc) is 3.07. The summed E-state index contributed by atoms with van der Waals surface area (Å²) >= 11 is 1.58. The molecule has 1 aliphatic heterocycles. The summed E-state index contributed by atoms with van der Waals surface area (Å²) in [4.78, 5) is 31.6. The van der Waals surface area contributed by atoms with Gasteiger partial charge in [-0.3, -0.25) is 14.2 Å². The normalized spacial score (nSPS) is 24.5. The lowest BCUT2D eigenvalue weighted by Crippen LogP contribution is -2.48. The Labute approximate surface area is 155 Å². The number of aryl methyl sites for hydroxylation is 2. The van der Waals surface area contributed by atoms with Gasteiger partial charge in [0.15, 0.2) is 9.84 Å². The summed E-state index contributed by atoms with van der Waals surface area (Å²) in [6, 6.07) is 0. The van der Waals surface area contributed by atoms with E-state index < -0.39 is 15.4 Å². The highest BCUT2D eigenvalue weighted by Crippen LogP contribution is 2.33. The molecule has 2 aromatic heterocycles. The van der Waals surface area contributed by atoms with Crippen LogP contribution in [0.25, 0.3) is 10.2 Å². The molecule has 0 spiro atoms. The Morgan fingerprint density at radius 3 is 2.88 bits per heavy atom. The summed E-state index contributed by atoms with van der Waals surface area (Å²) < 4.78 is 24.7. The Balaban J connectivity index is 1.59. The number of carbonyl (C=O) groups excluding carboxylic acids is 1. The van der Waals surface area contributed by atoms with Gasteiger partial charge in [0, 0.05) is 4.88 Å². The zero-order valence-electron chi connectivity index (χ0n) is 14.6. The third-order valence-electron chi connectivity index (χ3n) is 5.20. The number of nitrogens with one attached hydrogen (secondary N) is 1. The van der Waals surface area contributed by atoms with E-state index in [9.17, 15) is 18.0 Å². The van der Waals surface area contributed by atoms with E-state index in [0.29, 0.717) is 11.8 Å². The Morgan fingerprint density at radius 2 is 2.15 bits per heavy atom. The van der Waals surface area contributed by atoms with Crippen LogP contribution in [0.15, 0.2) is 11.1 Å². The number of fused-ring (bicyclic) bond motifs is 3. The quantitative estimate of drug-likeness (QED) is 0.837. The van der Waals surface area contributed by atoms with Crippen molar-refractivity contribution in [2.75, 3.05) is 11.5 Å². The van der Waals surface area contributed by atoms with Crippen LogP contribution in [0.4, 0.5) is 0 Å². The van der Waals surface area contributed by atoms with E-state index in [-0.39, 0.29) is 29.5 Å². The molecule has 0 bridgehead atoms. The van der Waals surface area contributed by atoms with Crippen LogP contribution in [0, 0.1) is 0 Å². The van der Waals surface area contributed by atoms with Crippen LogP contribution in [0.5, 0.6) is 0 Å². The molecule has 140 valence electrons. The number of nitrogens with zero attached hydrogens (tertiary/aromatic N) is 2. The minimum Gasteiger partial charge on any atom is -0.348 e. The second-order valence-corrected chi connectivity index (χ2v) is 10.8. The van der Waals surface area contributed by atoms with Crippen molar-refractivity contribution in [2.24, 2.45) is 0 Å². The summed E-state index contributed by atoms with van der Waals surface area (Å²) in [6.45, 7) is 1.58. The van der Waals surface area contributed by atoms with Crippen molar-refractivity contribution >= 4 is 37.3 Å². The molecule has 0 saturated carbocycles. The van der Waals surface area contributed by atoms with Gasteiger partial charge in [-0.25, -0.2) is 13.4 Å². The van der Waals surface area contributed by atoms with Gasteiger partial charge in [0.2, 0.25) is 5.91 Å². The third kappa shape index (κ3) is 3.18. The zero-order valence-corrected chi connectivity index (χ0v) is 16.2. The number of amides is 1. The van der Waals surface area contributed by atoms with Crippen LogP contribution in [-0.2, 0) is 34.0 Å². The molecule has 0 radical (unpaired) electrons. The molecule has 1 N–H and O–H groups in total. The topological polar surface area (TPSA) is 98.1 Å². The molecule has 0 unspecified atom stereocenters. The molecule has 2 aromatic rings. The first-order valence-corrected chi connectivity index (χ1v) is 11.4. The molecular formula is C17H21N3O4S2. The summed E-state index contributed by atoms with van der Waals surface area (Å²) in [5.74, 6) is -0.342. The highest BCUT2D eigenvalue weighted by atomic mass is 32.2. The van der Waals surface area contributed by atoms with Gasteiger partial charge in [0.1, 0.15) is 11.4 Å². The minimum atomic E-state index is -3.11.